The number of rotatable bonds is 5. The van der Waals surface area contributed by atoms with Gasteiger partial charge in [0.1, 0.15) is 4.47 Å². The second kappa shape index (κ2) is 5.87. The number of hydrogen-bond donors (Lipinski definition) is 2. The highest BCUT2D eigenvalue weighted by Gasteiger charge is 2.07. The molecule has 6 heteroatoms. The Hall–Kier alpha value is -0.880. The smallest absolute Gasteiger partial charge is 0.283 e. The minimum atomic E-state index is -0.112. The van der Waals surface area contributed by atoms with Gasteiger partial charge >= 0.3 is 0 Å². The van der Waals surface area contributed by atoms with E-state index in [1.807, 2.05) is 6.92 Å². The zero-order valence-corrected chi connectivity index (χ0v) is 10.2. The molecule has 1 aromatic rings. The van der Waals surface area contributed by atoms with E-state index in [0.717, 1.165) is 6.42 Å². The van der Waals surface area contributed by atoms with Gasteiger partial charge < -0.3 is 11.1 Å². The fourth-order valence-electron chi connectivity index (χ4n) is 1.17. The largest absolute Gasteiger partial charge is 0.381 e. The molecule has 0 aromatic carbocycles. The maximum absolute atomic E-state index is 11.7. The standard InChI is InChI=1S/C9H15BrN4O/c1-2-5-14-9(15)8(10)7(6-13-14)12-4-3-11/h6,12H,2-5,11H2,1H3. The number of nitrogens with one attached hydrogen (secondary N) is 1. The van der Waals surface area contributed by atoms with E-state index in [0.29, 0.717) is 29.8 Å². The van der Waals surface area contributed by atoms with Crippen molar-refractivity contribution in [2.75, 3.05) is 18.4 Å². The van der Waals surface area contributed by atoms with Crippen LogP contribution in [0, 0.1) is 0 Å². The summed E-state index contributed by atoms with van der Waals surface area (Å²) in [5.74, 6) is 0. The number of nitrogens with two attached hydrogens (primary N) is 1. The van der Waals surface area contributed by atoms with Gasteiger partial charge in [0.2, 0.25) is 0 Å². The summed E-state index contributed by atoms with van der Waals surface area (Å²) in [7, 11) is 0. The lowest BCUT2D eigenvalue weighted by molar-refractivity contribution is 0.566. The molecule has 0 radical (unpaired) electrons. The number of nitrogens with zero attached hydrogens (tertiary/aromatic N) is 2. The summed E-state index contributed by atoms with van der Waals surface area (Å²) in [5, 5.41) is 7.08. The van der Waals surface area contributed by atoms with Gasteiger partial charge in [-0.05, 0) is 22.4 Å². The molecule has 0 fully saturated rings. The fraction of sp³-hybridized carbons (Fsp3) is 0.556. The molecule has 0 bridgehead atoms. The molecule has 1 aromatic heterocycles. The molecular formula is C9H15BrN4O. The maximum atomic E-state index is 11.7. The summed E-state index contributed by atoms with van der Waals surface area (Å²) in [6.07, 6.45) is 2.52. The second-order valence-corrected chi connectivity index (χ2v) is 3.91. The van der Waals surface area contributed by atoms with Crippen molar-refractivity contribution in [3.63, 3.8) is 0 Å². The molecule has 0 aliphatic carbocycles. The minimum absolute atomic E-state index is 0.112. The van der Waals surface area contributed by atoms with Crippen molar-refractivity contribution in [2.45, 2.75) is 19.9 Å². The predicted molar refractivity (Wildman–Crippen MR) is 64.0 cm³/mol. The second-order valence-electron chi connectivity index (χ2n) is 3.12. The highest BCUT2D eigenvalue weighted by Crippen LogP contribution is 2.15. The summed E-state index contributed by atoms with van der Waals surface area (Å²) < 4.78 is 1.96. The molecule has 1 rings (SSSR count). The van der Waals surface area contributed by atoms with E-state index < -0.39 is 0 Å². The van der Waals surface area contributed by atoms with Gasteiger partial charge in [-0.2, -0.15) is 5.10 Å². The topological polar surface area (TPSA) is 72.9 Å². The van der Waals surface area contributed by atoms with Crippen LogP contribution in [0.4, 0.5) is 5.69 Å². The lowest BCUT2D eigenvalue weighted by Crippen LogP contribution is -2.25. The monoisotopic (exact) mass is 274 g/mol. The maximum Gasteiger partial charge on any atom is 0.283 e. The van der Waals surface area contributed by atoms with Gasteiger partial charge in [0, 0.05) is 19.6 Å². The van der Waals surface area contributed by atoms with E-state index in [1.54, 1.807) is 6.20 Å². The summed E-state index contributed by atoms with van der Waals surface area (Å²) in [6.45, 7) is 3.78. The van der Waals surface area contributed by atoms with Crippen LogP contribution in [0.5, 0.6) is 0 Å². The van der Waals surface area contributed by atoms with Crippen molar-refractivity contribution >= 4 is 21.6 Å². The summed E-state index contributed by atoms with van der Waals surface area (Å²) in [6, 6.07) is 0. The molecule has 84 valence electrons. The number of aromatic nitrogens is 2. The third kappa shape index (κ3) is 3.04. The third-order valence-corrected chi connectivity index (χ3v) is 2.65. The Labute approximate surface area is 96.8 Å². The summed E-state index contributed by atoms with van der Waals surface area (Å²) in [5.41, 5.74) is 5.94. The SMILES string of the molecule is CCCn1ncc(NCCN)c(Br)c1=O. The van der Waals surface area contributed by atoms with E-state index >= 15 is 0 Å². The Balaban J connectivity index is 2.94. The Morgan fingerprint density at radius 1 is 1.67 bits per heavy atom. The first kappa shape index (κ1) is 12.2. The average molecular weight is 275 g/mol. The van der Waals surface area contributed by atoms with E-state index in [1.165, 1.54) is 4.68 Å². The van der Waals surface area contributed by atoms with E-state index in [9.17, 15) is 4.79 Å². The molecule has 0 saturated carbocycles. The number of halogens is 1. The van der Waals surface area contributed by atoms with Gasteiger partial charge in [-0.25, -0.2) is 4.68 Å². The highest BCUT2D eigenvalue weighted by molar-refractivity contribution is 9.10. The predicted octanol–water partition coefficient (Wildman–Crippen LogP) is 0.786. The molecule has 3 N–H and O–H groups in total. The van der Waals surface area contributed by atoms with Crippen LogP contribution >= 0.6 is 15.9 Å². The van der Waals surface area contributed by atoms with Crippen molar-refractivity contribution in [2.24, 2.45) is 5.73 Å². The van der Waals surface area contributed by atoms with Crippen LogP contribution in [-0.4, -0.2) is 22.9 Å². The van der Waals surface area contributed by atoms with Crippen LogP contribution in [0.25, 0.3) is 0 Å². The fourth-order valence-corrected chi connectivity index (χ4v) is 1.61. The highest BCUT2D eigenvalue weighted by atomic mass is 79.9. The molecule has 0 saturated heterocycles. The first-order valence-electron chi connectivity index (χ1n) is 4.90. The molecule has 0 atom stereocenters. The molecule has 0 spiro atoms. The van der Waals surface area contributed by atoms with Crippen LogP contribution in [0.2, 0.25) is 0 Å². The molecular weight excluding hydrogens is 260 g/mol. The van der Waals surface area contributed by atoms with Gasteiger partial charge in [-0.1, -0.05) is 6.92 Å². The molecule has 0 aliphatic rings. The summed E-state index contributed by atoms with van der Waals surface area (Å²) >= 11 is 3.25. The Kier molecular flexibility index (Phi) is 4.77. The van der Waals surface area contributed by atoms with Gasteiger partial charge in [-0.15, -0.1) is 0 Å². The third-order valence-electron chi connectivity index (χ3n) is 1.88. The number of anilines is 1. The molecule has 0 aliphatic heterocycles. The first-order valence-corrected chi connectivity index (χ1v) is 5.69. The quantitative estimate of drug-likeness (QED) is 0.833. The minimum Gasteiger partial charge on any atom is -0.381 e. The van der Waals surface area contributed by atoms with Crippen molar-refractivity contribution in [1.82, 2.24) is 9.78 Å². The van der Waals surface area contributed by atoms with Gasteiger partial charge in [0.15, 0.2) is 0 Å². The van der Waals surface area contributed by atoms with E-state index in [-0.39, 0.29) is 5.56 Å². The molecule has 5 nitrogen and oxygen atoms in total. The van der Waals surface area contributed by atoms with Gasteiger partial charge in [0.05, 0.1) is 11.9 Å². The van der Waals surface area contributed by atoms with Gasteiger partial charge in [0.25, 0.3) is 5.56 Å². The van der Waals surface area contributed by atoms with Crippen molar-refractivity contribution in [1.29, 1.82) is 0 Å². The molecule has 0 unspecified atom stereocenters. The Bertz CT molecular complexity index is 377. The lowest BCUT2D eigenvalue weighted by Gasteiger charge is -2.08. The zero-order chi connectivity index (χ0) is 11.3. The van der Waals surface area contributed by atoms with Crippen molar-refractivity contribution < 1.29 is 0 Å². The Morgan fingerprint density at radius 3 is 3.00 bits per heavy atom. The zero-order valence-electron chi connectivity index (χ0n) is 8.66. The van der Waals surface area contributed by atoms with E-state index in [2.05, 4.69) is 26.3 Å². The van der Waals surface area contributed by atoms with Crippen LogP contribution in [0.1, 0.15) is 13.3 Å². The van der Waals surface area contributed by atoms with E-state index in [4.69, 9.17) is 5.73 Å². The lowest BCUT2D eigenvalue weighted by atomic mass is 10.4. The molecule has 0 amide bonds. The summed E-state index contributed by atoms with van der Waals surface area (Å²) in [4.78, 5) is 11.7. The molecule has 1 heterocycles. The van der Waals surface area contributed by atoms with Crippen LogP contribution < -0.4 is 16.6 Å². The van der Waals surface area contributed by atoms with Crippen molar-refractivity contribution in [3.05, 3.63) is 21.0 Å². The number of aryl methyl sites for hydroxylation is 1. The van der Waals surface area contributed by atoms with Crippen LogP contribution in [0.3, 0.4) is 0 Å². The van der Waals surface area contributed by atoms with Gasteiger partial charge in [-0.3, -0.25) is 4.79 Å². The first-order chi connectivity index (χ1) is 7.20. The molecule has 15 heavy (non-hydrogen) atoms. The van der Waals surface area contributed by atoms with Crippen molar-refractivity contribution in [3.8, 4) is 0 Å². The van der Waals surface area contributed by atoms with Crippen LogP contribution in [0.15, 0.2) is 15.5 Å². The number of hydrogen-bond acceptors (Lipinski definition) is 4. The average Bonchev–Trinajstić information content (AvgIpc) is 2.24. The van der Waals surface area contributed by atoms with Crippen LogP contribution in [-0.2, 0) is 6.54 Å². The Morgan fingerprint density at radius 2 is 2.40 bits per heavy atom. The normalized spacial score (nSPS) is 10.3.